The predicted molar refractivity (Wildman–Crippen MR) is 130 cm³/mol. The van der Waals surface area contributed by atoms with E-state index in [1.165, 1.54) is 42.5 Å². The van der Waals surface area contributed by atoms with Crippen LogP contribution in [0.1, 0.15) is 23.6 Å². The molecule has 0 N–H and O–H groups in total. The molecule has 0 aromatic heterocycles. The number of carbonyl (C=O) groups excluding carboxylic acids is 1. The number of halogens is 2. The van der Waals surface area contributed by atoms with Crippen molar-refractivity contribution in [3.05, 3.63) is 103 Å². The zero-order valence-electron chi connectivity index (χ0n) is 18.4. The van der Waals surface area contributed by atoms with E-state index in [9.17, 15) is 19.3 Å². The second kappa shape index (κ2) is 10.5. The molecule has 4 rings (SSSR count). The van der Waals surface area contributed by atoms with Gasteiger partial charge in [0.1, 0.15) is 12.4 Å². The minimum absolute atomic E-state index is 0.0551. The van der Waals surface area contributed by atoms with Crippen LogP contribution in [0.5, 0.6) is 11.5 Å². The number of aliphatic imine (C=N–C) groups is 1. The van der Waals surface area contributed by atoms with E-state index in [1.54, 1.807) is 24.3 Å². The monoisotopic (exact) mass is 540 g/mol. The number of non-ortho nitro benzene ring substituents is 1. The minimum atomic E-state index is -0.649. The van der Waals surface area contributed by atoms with E-state index in [-0.39, 0.29) is 29.7 Å². The van der Waals surface area contributed by atoms with Crippen molar-refractivity contribution in [2.45, 2.75) is 13.5 Å². The van der Waals surface area contributed by atoms with Crippen LogP contribution in [0.25, 0.3) is 6.08 Å². The lowest BCUT2D eigenvalue weighted by Gasteiger charge is -2.15. The molecule has 0 bridgehead atoms. The van der Waals surface area contributed by atoms with E-state index < -0.39 is 10.9 Å². The molecule has 178 valence electrons. The lowest BCUT2D eigenvalue weighted by molar-refractivity contribution is -0.384. The molecule has 1 aliphatic heterocycles. The molecule has 0 saturated carbocycles. The summed E-state index contributed by atoms with van der Waals surface area (Å²) in [4.78, 5) is 26.9. The molecule has 35 heavy (non-hydrogen) atoms. The van der Waals surface area contributed by atoms with Gasteiger partial charge < -0.3 is 14.2 Å². The SMILES string of the molecule is CCOc1cc(/C=C2\N=C(c3ccc([N+](=O)[O-])cc3)OC2=O)cc(Br)c1OCc1ccc(F)cc1. The standard InChI is InChI=1S/C25H18BrFN2O6/c1-2-33-22-13-16(11-20(26)23(22)34-14-15-3-7-18(27)8-4-15)12-21-25(30)35-24(28-21)17-5-9-19(10-6-17)29(31)32/h3-13H,2,14H2,1H3/b21-12-. The van der Waals surface area contributed by atoms with Gasteiger partial charge in [0.25, 0.3) is 5.69 Å². The number of cyclic esters (lactones) is 1. The van der Waals surface area contributed by atoms with Crippen molar-refractivity contribution >= 4 is 39.6 Å². The number of ether oxygens (including phenoxy) is 3. The first kappa shape index (κ1) is 24.1. The Kier molecular flexibility index (Phi) is 7.21. The summed E-state index contributed by atoms with van der Waals surface area (Å²) < 4.78 is 30.6. The molecule has 0 saturated heterocycles. The molecule has 0 fully saturated rings. The minimum Gasteiger partial charge on any atom is -0.490 e. The number of hydrogen-bond acceptors (Lipinski definition) is 7. The fraction of sp³-hybridized carbons (Fsp3) is 0.120. The number of nitrogens with zero attached hydrogens (tertiary/aromatic N) is 2. The van der Waals surface area contributed by atoms with Crippen molar-refractivity contribution in [3.63, 3.8) is 0 Å². The Morgan fingerprint density at radius 1 is 1.11 bits per heavy atom. The third kappa shape index (κ3) is 5.72. The quantitative estimate of drug-likeness (QED) is 0.154. The van der Waals surface area contributed by atoms with Gasteiger partial charge in [-0.15, -0.1) is 0 Å². The topological polar surface area (TPSA) is 100 Å². The van der Waals surface area contributed by atoms with Crippen LogP contribution in [0, 0.1) is 15.9 Å². The van der Waals surface area contributed by atoms with Crippen LogP contribution in [0.15, 0.2) is 75.8 Å². The van der Waals surface area contributed by atoms with Gasteiger partial charge in [-0.3, -0.25) is 10.1 Å². The van der Waals surface area contributed by atoms with Crippen molar-refractivity contribution in [2.75, 3.05) is 6.61 Å². The average Bonchev–Trinajstić information content (AvgIpc) is 3.20. The van der Waals surface area contributed by atoms with Gasteiger partial charge in [-0.2, -0.15) is 0 Å². The van der Waals surface area contributed by atoms with Gasteiger partial charge in [0.05, 0.1) is 16.0 Å². The normalized spacial score (nSPS) is 14.0. The summed E-state index contributed by atoms with van der Waals surface area (Å²) in [5.41, 5.74) is 1.81. The molecule has 0 atom stereocenters. The Bertz CT molecular complexity index is 1340. The first-order chi connectivity index (χ1) is 16.8. The lowest BCUT2D eigenvalue weighted by atomic mass is 10.1. The summed E-state index contributed by atoms with van der Waals surface area (Å²) in [6, 6.07) is 15.0. The average molecular weight is 541 g/mol. The van der Waals surface area contributed by atoms with Crippen LogP contribution in [0.2, 0.25) is 0 Å². The van der Waals surface area contributed by atoms with Crippen molar-refractivity contribution in [3.8, 4) is 11.5 Å². The molecule has 3 aromatic carbocycles. The fourth-order valence-electron chi connectivity index (χ4n) is 3.23. The summed E-state index contributed by atoms with van der Waals surface area (Å²) in [5, 5.41) is 10.8. The number of benzene rings is 3. The maximum atomic E-state index is 13.1. The van der Waals surface area contributed by atoms with Crippen LogP contribution in [0.3, 0.4) is 0 Å². The van der Waals surface area contributed by atoms with Crippen LogP contribution in [-0.2, 0) is 16.1 Å². The smallest absolute Gasteiger partial charge is 0.363 e. The van der Waals surface area contributed by atoms with Crippen molar-refractivity contribution in [1.29, 1.82) is 0 Å². The van der Waals surface area contributed by atoms with Crippen molar-refractivity contribution < 1.29 is 28.3 Å². The Hall–Kier alpha value is -4.05. The number of carbonyl (C=O) groups is 1. The number of nitro benzene ring substituents is 1. The van der Waals surface area contributed by atoms with E-state index in [2.05, 4.69) is 20.9 Å². The van der Waals surface area contributed by atoms with Gasteiger partial charge in [0.15, 0.2) is 17.2 Å². The van der Waals surface area contributed by atoms with Gasteiger partial charge >= 0.3 is 5.97 Å². The van der Waals surface area contributed by atoms with E-state index in [1.807, 2.05) is 6.92 Å². The van der Waals surface area contributed by atoms with Crippen molar-refractivity contribution in [2.24, 2.45) is 4.99 Å². The highest BCUT2D eigenvalue weighted by Gasteiger charge is 2.25. The molecular formula is C25H18BrFN2O6. The van der Waals surface area contributed by atoms with Crippen molar-refractivity contribution in [1.82, 2.24) is 0 Å². The zero-order chi connectivity index (χ0) is 24.9. The Morgan fingerprint density at radius 3 is 2.49 bits per heavy atom. The van der Waals surface area contributed by atoms with E-state index in [0.29, 0.717) is 33.7 Å². The van der Waals surface area contributed by atoms with Gasteiger partial charge in [-0.1, -0.05) is 12.1 Å². The molecular weight excluding hydrogens is 523 g/mol. The highest BCUT2D eigenvalue weighted by atomic mass is 79.9. The summed E-state index contributed by atoms with van der Waals surface area (Å²) in [6.45, 7) is 2.41. The van der Waals surface area contributed by atoms with Crippen LogP contribution in [0.4, 0.5) is 10.1 Å². The zero-order valence-corrected chi connectivity index (χ0v) is 20.0. The highest BCUT2D eigenvalue weighted by Crippen LogP contribution is 2.38. The molecule has 0 amide bonds. The third-order valence-corrected chi connectivity index (χ3v) is 5.47. The Labute approximate surface area is 207 Å². The Balaban J connectivity index is 1.59. The van der Waals surface area contributed by atoms with Gasteiger partial charge in [0.2, 0.25) is 5.90 Å². The van der Waals surface area contributed by atoms with E-state index in [4.69, 9.17) is 14.2 Å². The van der Waals surface area contributed by atoms with Gasteiger partial charge in [0, 0.05) is 17.7 Å². The maximum absolute atomic E-state index is 13.1. The van der Waals surface area contributed by atoms with Gasteiger partial charge in [-0.25, -0.2) is 14.2 Å². The maximum Gasteiger partial charge on any atom is 0.363 e. The molecule has 1 aliphatic rings. The molecule has 10 heteroatoms. The molecule has 0 radical (unpaired) electrons. The van der Waals surface area contributed by atoms with Gasteiger partial charge in [-0.05, 0) is 76.5 Å². The summed E-state index contributed by atoms with van der Waals surface area (Å²) in [5.74, 6) is -0.0140. The number of esters is 1. The number of rotatable bonds is 8. The first-order valence-corrected chi connectivity index (χ1v) is 11.2. The molecule has 0 spiro atoms. The third-order valence-electron chi connectivity index (χ3n) is 4.88. The van der Waals surface area contributed by atoms with E-state index >= 15 is 0 Å². The highest BCUT2D eigenvalue weighted by molar-refractivity contribution is 9.10. The number of hydrogen-bond donors (Lipinski definition) is 0. The fourth-order valence-corrected chi connectivity index (χ4v) is 3.80. The second-order valence-corrected chi connectivity index (χ2v) is 8.17. The summed E-state index contributed by atoms with van der Waals surface area (Å²) in [6.07, 6.45) is 1.54. The summed E-state index contributed by atoms with van der Waals surface area (Å²) in [7, 11) is 0. The first-order valence-electron chi connectivity index (χ1n) is 10.4. The predicted octanol–water partition coefficient (Wildman–Crippen LogP) is 5.82. The lowest BCUT2D eigenvalue weighted by Crippen LogP contribution is -2.05. The molecule has 0 aliphatic carbocycles. The largest absolute Gasteiger partial charge is 0.490 e. The van der Waals surface area contributed by atoms with Crippen LogP contribution < -0.4 is 9.47 Å². The number of nitro groups is 1. The van der Waals surface area contributed by atoms with Crippen LogP contribution in [-0.4, -0.2) is 23.4 Å². The Morgan fingerprint density at radius 2 is 1.83 bits per heavy atom. The second-order valence-electron chi connectivity index (χ2n) is 7.32. The summed E-state index contributed by atoms with van der Waals surface area (Å²) >= 11 is 3.48. The molecule has 1 heterocycles. The van der Waals surface area contributed by atoms with Crippen LogP contribution >= 0.6 is 15.9 Å². The van der Waals surface area contributed by atoms with E-state index in [0.717, 1.165) is 5.56 Å². The molecule has 8 nitrogen and oxygen atoms in total. The molecule has 3 aromatic rings. The molecule has 0 unspecified atom stereocenters.